The molecule has 2 rings (SSSR count). The van der Waals surface area contributed by atoms with Crippen molar-refractivity contribution in [1.82, 2.24) is 9.62 Å². The highest BCUT2D eigenvalue weighted by molar-refractivity contribution is 9.10. The molecule has 0 atom stereocenters. The third-order valence-corrected chi connectivity index (χ3v) is 6.45. The molecule has 0 aromatic heterocycles. The Labute approximate surface area is 173 Å². The highest BCUT2D eigenvalue weighted by Crippen LogP contribution is 2.24. The van der Waals surface area contributed by atoms with Crippen LogP contribution in [0.5, 0.6) is 11.5 Å². The number of nitrogens with zero attached hydrogens (tertiary/aromatic N) is 1. The summed E-state index contributed by atoms with van der Waals surface area (Å²) in [6.45, 7) is 0.0891. The lowest BCUT2D eigenvalue weighted by atomic mass is 10.1. The summed E-state index contributed by atoms with van der Waals surface area (Å²) in [7, 11) is 0.795. The summed E-state index contributed by atoms with van der Waals surface area (Å²) < 4.78 is 37.3. The van der Waals surface area contributed by atoms with Crippen molar-refractivity contribution in [3.8, 4) is 11.5 Å². The maximum absolute atomic E-state index is 12.5. The van der Waals surface area contributed by atoms with Crippen LogP contribution >= 0.6 is 15.9 Å². The van der Waals surface area contributed by atoms with E-state index in [2.05, 4.69) is 21.2 Å². The third kappa shape index (κ3) is 5.70. The largest absolute Gasteiger partial charge is 0.497 e. The van der Waals surface area contributed by atoms with Gasteiger partial charge in [0.1, 0.15) is 11.5 Å². The Kier molecular flexibility index (Phi) is 7.85. The SMILES string of the molecule is COc1ccc(CCNC(=O)CN(C)S(=O)(=O)c2ccc(Br)cc2)c(OC)c1. The first-order valence-electron chi connectivity index (χ1n) is 8.47. The van der Waals surface area contributed by atoms with Gasteiger partial charge in [0.2, 0.25) is 15.9 Å². The van der Waals surface area contributed by atoms with Crippen molar-refractivity contribution in [3.05, 3.63) is 52.5 Å². The summed E-state index contributed by atoms with van der Waals surface area (Å²) in [5.74, 6) is 0.976. The minimum Gasteiger partial charge on any atom is -0.497 e. The number of rotatable bonds is 9. The predicted octanol–water partition coefficient (Wildman–Crippen LogP) is 2.45. The Bertz CT molecular complexity index is 916. The zero-order chi connectivity index (χ0) is 20.7. The average molecular weight is 471 g/mol. The van der Waals surface area contributed by atoms with E-state index in [1.54, 1.807) is 32.4 Å². The Morgan fingerprint density at radius 1 is 1.11 bits per heavy atom. The van der Waals surface area contributed by atoms with Gasteiger partial charge in [-0.2, -0.15) is 4.31 Å². The standard InChI is InChI=1S/C19H23BrN2O5S/c1-22(28(24,25)17-8-5-15(20)6-9-17)13-19(23)21-11-10-14-4-7-16(26-2)12-18(14)27-3/h4-9,12H,10-11,13H2,1-3H3,(H,21,23). The van der Waals surface area contributed by atoms with Crippen molar-refractivity contribution in [2.45, 2.75) is 11.3 Å². The number of benzene rings is 2. The monoisotopic (exact) mass is 470 g/mol. The van der Waals surface area contributed by atoms with Gasteiger partial charge in [-0.1, -0.05) is 22.0 Å². The van der Waals surface area contributed by atoms with Gasteiger partial charge < -0.3 is 14.8 Å². The minimum absolute atomic E-state index is 0.133. The normalized spacial score (nSPS) is 11.3. The van der Waals surface area contributed by atoms with E-state index in [0.29, 0.717) is 24.5 Å². The van der Waals surface area contributed by atoms with Crippen LogP contribution in [0.1, 0.15) is 5.56 Å². The molecule has 0 bridgehead atoms. The van der Waals surface area contributed by atoms with Gasteiger partial charge in [-0.3, -0.25) is 4.79 Å². The van der Waals surface area contributed by atoms with Crippen LogP contribution in [0.3, 0.4) is 0 Å². The number of nitrogens with one attached hydrogen (secondary N) is 1. The Morgan fingerprint density at radius 2 is 1.79 bits per heavy atom. The quantitative estimate of drug-likeness (QED) is 0.608. The number of ether oxygens (including phenoxy) is 2. The molecule has 0 aliphatic rings. The summed E-state index contributed by atoms with van der Waals surface area (Å²) in [4.78, 5) is 12.3. The summed E-state index contributed by atoms with van der Waals surface area (Å²) in [5, 5.41) is 2.74. The molecule has 0 fully saturated rings. The van der Waals surface area contributed by atoms with Crippen LogP contribution in [0.25, 0.3) is 0 Å². The molecule has 0 spiro atoms. The van der Waals surface area contributed by atoms with Crippen LogP contribution in [0.4, 0.5) is 0 Å². The molecule has 0 radical (unpaired) electrons. The van der Waals surface area contributed by atoms with Crippen molar-refractivity contribution in [2.75, 3.05) is 34.4 Å². The Hall–Kier alpha value is -2.10. The fraction of sp³-hybridized carbons (Fsp3) is 0.316. The van der Waals surface area contributed by atoms with E-state index in [0.717, 1.165) is 14.3 Å². The summed E-state index contributed by atoms with van der Waals surface area (Å²) in [6, 6.07) is 11.7. The molecule has 9 heteroatoms. The van der Waals surface area contributed by atoms with Gasteiger partial charge in [-0.05, 0) is 42.3 Å². The number of halogens is 1. The number of likely N-dealkylation sites (N-methyl/N-ethyl adjacent to an activating group) is 1. The molecule has 2 aromatic carbocycles. The van der Waals surface area contributed by atoms with Gasteiger partial charge in [-0.15, -0.1) is 0 Å². The van der Waals surface area contributed by atoms with E-state index >= 15 is 0 Å². The lowest BCUT2D eigenvalue weighted by Crippen LogP contribution is -2.39. The minimum atomic E-state index is -3.73. The van der Waals surface area contributed by atoms with Crippen LogP contribution in [0.15, 0.2) is 51.8 Å². The van der Waals surface area contributed by atoms with Crippen molar-refractivity contribution >= 4 is 31.9 Å². The molecule has 152 valence electrons. The molecule has 1 N–H and O–H groups in total. The van der Waals surface area contributed by atoms with Gasteiger partial charge in [0.05, 0.1) is 25.7 Å². The van der Waals surface area contributed by atoms with Crippen LogP contribution in [-0.2, 0) is 21.2 Å². The van der Waals surface area contributed by atoms with Gasteiger partial charge in [0.15, 0.2) is 0 Å². The maximum atomic E-state index is 12.5. The van der Waals surface area contributed by atoms with Crippen molar-refractivity contribution in [3.63, 3.8) is 0 Å². The molecule has 0 aliphatic carbocycles. The number of amides is 1. The average Bonchev–Trinajstić information content (AvgIpc) is 2.68. The highest BCUT2D eigenvalue weighted by atomic mass is 79.9. The zero-order valence-electron chi connectivity index (χ0n) is 15.9. The number of sulfonamides is 1. The zero-order valence-corrected chi connectivity index (χ0v) is 18.3. The first-order valence-corrected chi connectivity index (χ1v) is 10.7. The first kappa shape index (κ1) is 22.2. The van der Waals surface area contributed by atoms with E-state index in [-0.39, 0.29) is 17.3 Å². The molecule has 0 unspecified atom stereocenters. The molecular formula is C19H23BrN2O5S. The van der Waals surface area contributed by atoms with Crippen LogP contribution in [0, 0.1) is 0 Å². The molecule has 0 saturated carbocycles. The summed E-state index contributed by atoms with van der Waals surface area (Å²) >= 11 is 3.27. The van der Waals surface area contributed by atoms with Gasteiger partial charge >= 0.3 is 0 Å². The lowest BCUT2D eigenvalue weighted by molar-refractivity contribution is -0.121. The molecule has 2 aromatic rings. The number of carbonyl (C=O) groups is 1. The highest BCUT2D eigenvalue weighted by Gasteiger charge is 2.22. The van der Waals surface area contributed by atoms with E-state index in [1.807, 2.05) is 12.1 Å². The van der Waals surface area contributed by atoms with Gasteiger partial charge in [0, 0.05) is 24.1 Å². The smallest absolute Gasteiger partial charge is 0.243 e. The van der Waals surface area contributed by atoms with Crippen LogP contribution in [-0.4, -0.2) is 53.0 Å². The molecule has 28 heavy (non-hydrogen) atoms. The van der Waals surface area contributed by atoms with E-state index < -0.39 is 10.0 Å². The molecule has 0 aliphatic heterocycles. The second-order valence-corrected chi connectivity index (χ2v) is 8.95. The molecule has 1 amide bonds. The van der Waals surface area contributed by atoms with Gasteiger partial charge in [0.25, 0.3) is 0 Å². The summed E-state index contributed by atoms with van der Waals surface area (Å²) in [5.41, 5.74) is 0.916. The van der Waals surface area contributed by atoms with Gasteiger partial charge in [-0.25, -0.2) is 8.42 Å². The first-order chi connectivity index (χ1) is 13.3. The third-order valence-electron chi connectivity index (χ3n) is 4.10. The van der Waals surface area contributed by atoms with E-state index in [4.69, 9.17) is 9.47 Å². The lowest BCUT2D eigenvalue weighted by Gasteiger charge is -2.17. The van der Waals surface area contributed by atoms with E-state index in [9.17, 15) is 13.2 Å². The number of hydrogen-bond acceptors (Lipinski definition) is 5. The maximum Gasteiger partial charge on any atom is 0.243 e. The van der Waals surface area contributed by atoms with Crippen molar-refractivity contribution in [1.29, 1.82) is 0 Å². The van der Waals surface area contributed by atoms with E-state index in [1.165, 1.54) is 19.2 Å². The second-order valence-electron chi connectivity index (χ2n) is 5.99. The number of carbonyl (C=O) groups excluding carboxylic acids is 1. The Balaban J connectivity index is 1.91. The molecular weight excluding hydrogens is 448 g/mol. The predicted molar refractivity (Wildman–Crippen MR) is 110 cm³/mol. The fourth-order valence-corrected chi connectivity index (χ4v) is 3.92. The van der Waals surface area contributed by atoms with Crippen LogP contribution in [0.2, 0.25) is 0 Å². The summed E-state index contributed by atoms with van der Waals surface area (Å²) in [6.07, 6.45) is 0.544. The van der Waals surface area contributed by atoms with Crippen LogP contribution < -0.4 is 14.8 Å². The second kappa shape index (κ2) is 9.90. The topological polar surface area (TPSA) is 84.9 Å². The Morgan fingerprint density at radius 3 is 2.39 bits per heavy atom. The number of methoxy groups -OCH3 is 2. The molecule has 0 heterocycles. The molecule has 7 nitrogen and oxygen atoms in total. The van der Waals surface area contributed by atoms with Crippen molar-refractivity contribution < 1.29 is 22.7 Å². The number of hydrogen-bond donors (Lipinski definition) is 1. The fourth-order valence-electron chi connectivity index (χ4n) is 2.52. The van der Waals surface area contributed by atoms with Crippen molar-refractivity contribution in [2.24, 2.45) is 0 Å². The molecule has 0 saturated heterocycles.